The van der Waals surface area contributed by atoms with Gasteiger partial charge in [0.05, 0.1) is 6.42 Å². The van der Waals surface area contributed by atoms with Gasteiger partial charge in [-0.2, -0.15) is 0 Å². The van der Waals surface area contributed by atoms with Gasteiger partial charge in [-0.05, 0) is 26.2 Å². The molecule has 22 heavy (non-hydrogen) atoms. The Bertz CT molecular complexity index is 380. The lowest BCUT2D eigenvalue weighted by atomic mass is 10.1. The molecule has 2 atom stereocenters. The van der Waals surface area contributed by atoms with E-state index in [1.807, 2.05) is 21.6 Å². The third-order valence-electron chi connectivity index (χ3n) is 3.16. The van der Waals surface area contributed by atoms with E-state index in [-0.39, 0.29) is 24.6 Å². The predicted octanol–water partition coefficient (Wildman–Crippen LogP) is 3.50. The molecule has 0 amide bonds. The second-order valence-electron chi connectivity index (χ2n) is 5.32. The first-order chi connectivity index (χ1) is 10.5. The fourth-order valence-corrected chi connectivity index (χ4v) is 5.02. The lowest BCUT2D eigenvalue weighted by Gasteiger charge is -2.14. The van der Waals surface area contributed by atoms with Crippen molar-refractivity contribution in [3.8, 4) is 0 Å². The number of hydrogen-bond acceptors (Lipinski definition) is 7. The number of carbonyl (C=O) groups excluding carboxylic acids is 3. The van der Waals surface area contributed by atoms with E-state index in [0.717, 1.165) is 24.5 Å². The molecule has 1 aliphatic heterocycles. The molecule has 1 saturated heterocycles. The molecule has 5 nitrogen and oxygen atoms in total. The van der Waals surface area contributed by atoms with Gasteiger partial charge in [0.25, 0.3) is 0 Å². The first kappa shape index (κ1) is 19.4. The van der Waals surface area contributed by atoms with Crippen molar-refractivity contribution in [3.05, 3.63) is 0 Å². The van der Waals surface area contributed by atoms with Crippen LogP contribution in [0.1, 0.15) is 58.8 Å². The minimum absolute atomic E-state index is 0.0221. The number of ketones is 1. The molecule has 0 aliphatic carbocycles. The average Bonchev–Trinajstić information content (AvgIpc) is 2.94. The van der Waals surface area contributed by atoms with Crippen LogP contribution < -0.4 is 0 Å². The van der Waals surface area contributed by atoms with E-state index in [4.69, 9.17) is 9.47 Å². The van der Waals surface area contributed by atoms with Crippen LogP contribution >= 0.6 is 21.6 Å². The lowest BCUT2D eigenvalue weighted by molar-refractivity contribution is -0.184. The monoisotopic (exact) mass is 348 g/mol. The quantitative estimate of drug-likeness (QED) is 0.259. The highest BCUT2D eigenvalue weighted by molar-refractivity contribution is 8.77. The molecule has 0 aromatic heterocycles. The standard InChI is InChI=1S/C15H24O5S2/c1-11(16)7-8-15(18)20-12(2)19-14(17)6-4-3-5-13-9-10-21-22-13/h12-13H,3-10H2,1-2H3/t12?,13-/m1/s1. The zero-order valence-corrected chi connectivity index (χ0v) is 14.8. The van der Waals surface area contributed by atoms with Gasteiger partial charge >= 0.3 is 11.9 Å². The van der Waals surface area contributed by atoms with Gasteiger partial charge in [-0.3, -0.25) is 9.59 Å². The molecule has 1 fully saturated rings. The van der Waals surface area contributed by atoms with E-state index in [2.05, 4.69) is 0 Å². The molecule has 1 aliphatic rings. The van der Waals surface area contributed by atoms with Gasteiger partial charge in [-0.15, -0.1) is 0 Å². The first-order valence-electron chi connectivity index (χ1n) is 7.64. The summed E-state index contributed by atoms with van der Waals surface area (Å²) in [6.07, 6.45) is 3.83. The van der Waals surface area contributed by atoms with Crippen LogP contribution in [0.2, 0.25) is 0 Å². The Morgan fingerprint density at radius 1 is 1.09 bits per heavy atom. The Kier molecular flexibility index (Phi) is 9.63. The molecule has 0 aromatic rings. The molecule has 126 valence electrons. The second-order valence-corrected chi connectivity index (χ2v) is 8.11. The van der Waals surface area contributed by atoms with Crippen molar-refractivity contribution in [1.29, 1.82) is 0 Å². The van der Waals surface area contributed by atoms with Gasteiger partial charge in [0.2, 0.25) is 6.29 Å². The Balaban J connectivity index is 2.04. The summed E-state index contributed by atoms with van der Waals surface area (Å²) in [6.45, 7) is 2.93. The van der Waals surface area contributed by atoms with Gasteiger partial charge in [-0.25, -0.2) is 0 Å². The van der Waals surface area contributed by atoms with Crippen LogP contribution in [0.25, 0.3) is 0 Å². The Hall–Kier alpha value is -0.690. The molecule has 1 unspecified atom stereocenters. The molecule has 0 saturated carbocycles. The summed E-state index contributed by atoms with van der Waals surface area (Å²) in [5.41, 5.74) is 0. The molecule has 0 bridgehead atoms. The Morgan fingerprint density at radius 2 is 1.77 bits per heavy atom. The van der Waals surface area contributed by atoms with Crippen molar-refractivity contribution >= 4 is 39.3 Å². The predicted molar refractivity (Wildman–Crippen MR) is 88.5 cm³/mol. The lowest BCUT2D eigenvalue weighted by Crippen LogP contribution is -2.21. The normalized spacial score (nSPS) is 18.7. The van der Waals surface area contributed by atoms with E-state index >= 15 is 0 Å². The number of rotatable bonds is 10. The highest BCUT2D eigenvalue weighted by Gasteiger charge is 2.17. The van der Waals surface area contributed by atoms with E-state index in [1.165, 1.54) is 26.0 Å². The highest BCUT2D eigenvalue weighted by atomic mass is 33.1. The van der Waals surface area contributed by atoms with Gasteiger partial charge in [0, 0.05) is 30.8 Å². The average molecular weight is 348 g/mol. The SMILES string of the molecule is CC(=O)CCC(=O)OC(C)OC(=O)CCCC[C@@H]1CCSS1. The van der Waals surface area contributed by atoms with Crippen LogP contribution in [-0.2, 0) is 23.9 Å². The van der Waals surface area contributed by atoms with Crippen molar-refractivity contribution in [3.63, 3.8) is 0 Å². The van der Waals surface area contributed by atoms with Crippen molar-refractivity contribution in [2.75, 3.05) is 5.75 Å². The van der Waals surface area contributed by atoms with E-state index < -0.39 is 12.3 Å². The molecule has 0 aromatic carbocycles. The molecular weight excluding hydrogens is 324 g/mol. The minimum Gasteiger partial charge on any atom is -0.425 e. The van der Waals surface area contributed by atoms with Gasteiger partial charge in [0.15, 0.2) is 0 Å². The summed E-state index contributed by atoms with van der Waals surface area (Å²) in [5, 5.41) is 0.724. The number of ether oxygens (including phenoxy) is 2. The minimum atomic E-state index is -0.895. The van der Waals surface area contributed by atoms with E-state index in [1.54, 1.807) is 0 Å². The maximum Gasteiger partial charge on any atom is 0.309 e. The number of Topliss-reactive ketones (excluding diaryl/α,β-unsaturated/α-hetero) is 1. The third kappa shape index (κ3) is 9.35. The van der Waals surface area contributed by atoms with Crippen molar-refractivity contribution in [2.24, 2.45) is 0 Å². The van der Waals surface area contributed by atoms with E-state index in [0.29, 0.717) is 6.42 Å². The zero-order chi connectivity index (χ0) is 16.4. The molecule has 1 heterocycles. The molecule has 0 N–H and O–H groups in total. The number of esters is 2. The summed E-state index contributed by atoms with van der Waals surface area (Å²) in [6, 6.07) is 0. The number of hydrogen-bond donors (Lipinski definition) is 0. The van der Waals surface area contributed by atoms with Gasteiger partial charge in [-0.1, -0.05) is 28.0 Å². The van der Waals surface area contributed by atoms with Crippen LogP contribution in [0.5, 0.6) is 0 Å². The van der Waals surface area contributed by atoms with Crippen molar-refractivity contribution in [1.82, 2.24) is 0 Å². The zero-order valence-electron chi connectivity index (χ0n) is 13.2. The largest absolute Gasteiger partial charge is 0.425 e. The van der Waals surface area contributed by atoms with Crippen LogP contribution in [0, 0.1) is 0 Å². The first-order valence-corrected chi connectivity index (χ1v) is 10.0. The summed E-state index contributed by atoms with van der Waals surface area (Å²) in [5.74, 6) is 0.288. The van der Waals surface area contributed by atoms with Crippen LogP contribution in [0.4, 0.5) is 0 Å². The Labute approximate surface area is 139 Å². The summed E-state index contributed by atoms with van der Waals surface area (Å²) in [4.78, 5) is 33.8. The second kappa shape index (κ2) is 10.9. The maximum absolute atomic E-state index is 11.6. The Morgan fingerprint density at radius 3 is 2.36 bits per heavy atom. The molecule has 1 rings (SSSR count). The van der Waals surface area contributed by atoms with Crippen molar-refractivity contribution < 1.29 is 23.9 Å². The fourth-order valence-electron chi connectivity index (χ4n) is 2.00. The van der Waals surface area contributed by atoms with Crippen LogP contribution in [0.15, 0.2) is 0 Å². The number of carbonyl (C=O) groups is 3. The van der Waals surface area contributed by atoms with Gasteiger partial charge < -0.3 is 14.3 Å². The topological polar surface area (TPSA) is 69.7 Å². The van der Waals surface area contributed by atoms with Crippen LogP contribution in [-0.4, -0.2) is 35.0 Å². The van der Waals surface area contributed by atoms with Crippen molar-refractivity contribution in [2.45, 2.75) is 70.3 Å². The van der Waals surface area contributed by atoms with Crippen LogP contribution in [0.3, 0.4) is 0 Å². The summed E-state index contributed by atoms with van der Waals surface area (Å²) < 4.78 is 9.94. The smallest absolute Gasteiger partial charge is 0.309 e. The summed E-state index contributed by atoms with van der Waals surface area (Å²) in [7, 11) is 3.87. The molecule has 0 radical (unpaired) electrons. The molecular formula is C15H24O5S2. The van der Waals surface area contributed by atoms with Gasteiger partial charge in [0.1, 0.15) is 5.78 Å². The summed E-state index contributed by atoms with van der Waals surface area (Å²) >= 11 is 0. The fraction of sp³-hybridized carbons (Fsp3) is 0.800. The maximum atomic E-state index is 11.6. The molecule has 7 heteroatoms. The molecule has 0 spiro atoms. The van der Waals surface area contributed by atoms with E-state index in [9.17, 15) is 14.4 Å². The highest BCUT2D eigenvalue weighted by Crippen LogP contribution is 2.39. The number of unbranched alkanes of at least 4 members (excludes halogenated alkanes) is 1. The third-order valence-corrected chi connectivity index (χ3v) is 6.17.